The van der Waals surface area contributed by atoms with Gasteiger partial charge in [-0.3, -0.25) is 4.79 Å². The van der Waals surface area contributed by atoms with Crippen LogP contribution in [0.4, 0.5) is 0 Å². The number of aryl methyl sites for hydroxylation is 2. The predicted octanol–water partition coefficient (Wildman–Crippen LogP) is 4.36. The molecular formula is C25H30N2O6S. The summed E-state index contributed by atoms with van der Waals surface area (Å²) in [7, 11) is -1.23. The van der Waals surface area contributed by atoms with E-state index in [2.05, 4.69) is 4.98 Å². The summed E-state index contributed by atoms with van der Waals surface area (Å²) in [5, 5.41) is 0. The third-order valence-electron chi connectivity index (χ3n) is 5.55. The number of esters is 1. The van der Waals surface area contributed by atoms with E-state index < -0.39 is 22.0 Å². The van der Waals surface area contributed by atoms with Gasteiger partial charge in [-0.15, -0.1) is 0 Å². The molecule has 0 unspecified atom stereocenters. The number of hydrogen-bond donors (Lipinski definition) is 0. The van der Waals surface area contributed by atoms with Crippen molar-refractivity contribution in [2.24, 2.45) is 5.92 Å². The van der Waals surface area contributed by atoms with Crippen LogP contribution in [0, 0.1) is 19.8 Å². The Hall–Kier alpha value is -3.17. The average molecular weight is 487 g/mol. The number of aromatic nitrogens is 1. The van der Waals surface area contributed by atoms with Crippen LogP contribution in [0.25, 0.3) is 11.5 Å². The van der Waals surface area contributed by atoms with Crippen molar-refractivity contribution in [3.05, 3.63) is 65.5 Å². The minimum atomic E-state index is -4.06. The van der Waals surface area contributed by atoms with Gasteiger partial charge in [0.05, 0.1) is 31.4 Å². The van der Waals surface area contributed by atoms with Crippen LogP contribution in [-0.4, -0.2) is 43.9 Å². The number of methoxy groups -OCH3 is 2. The summed E-state index contributed by atoms with van der Waals surface area (Å²) in [5.74, 6) is 0.521. The fraction of sp³-hybridized carbons (Fsp3) is 0.360. The van der Waals surface area contributed by atoms with Crippen LogP contribution in [0.3, 0.4) is 0 Å². The van der Waals surface area contributed by atoms with E-state index in [1.54, 1.807) is 64.3 Å². The van der Waals surface area contributed by atoms with Gasteiger partial charge in [0.2, 0.25) is 15.9 Å². The van der Waals surface area contributed by atoms with E-state index in [1.165, 1.54) is 19.2 Å². The first-order valence-corrected chi connectivity index (χ1v) is 12.3. The number of rotatable bonds is 9. The van der Waals surface area contributed by atoms with Gasteiger partial charge < -0.3 is 13.9 Å². The number of nitrogens with zero attached hydrogens (tertiary/aromatic N) is 2. The first-order chi connectivity index (χ1) is 16.1. The zero-order chi connectivity index (χ0) is 25.0. The van der Waals surface area contributed by atoms with Crippen LogP contribution in [0.1, 0.15) is 30.9 Å². The van der Waals surface area contributed by atoms with E-state index in [9.17, 15) is 13.2 Å². The van der Waals surface area contributed by atoms with Crippen LogP contribution in [0.2, 0.25) is 0 Å². The van der Waals surface area contributed by atoms with Crippen LogP contribution in [0.15, 0.2) is 57.8 Å². The molecule has 182 valence electrons. The summed E-state index contributed by atoms with van der Waals surface area (Å²) in [6.45, 7) is 6.99. The molecule has 0 fully saturated rings. The summed E-state index contributed by atoms with van der Waals surface area (Å²) in [4.78, 5) is 17.4. The molecule has 34 heavy (non-hydrogen) atoms. The average Bonchev–Trinajstić information content (AvgIpc) is 3.18. The third-order valence-corrected chi connectivity index (χ3v) is 7.39. The molecule has 0 amide bonds. The molecule has 8 nitrogen and oxygen atoms in total. The van der Waals surface area contributed by atoms with Crippen molar-refractivity contribution in [1.82, 2.24) is 9.29 Å². The van der Waals surface area contributed by atoms with E-state index in [4.69, 9.17) is 13.9 Å². The summed E-state index contributed by atoms with van der Waals surface area (Å²) in [6.07, 6.45) is 0. The highest BCUT2D eigenvalue weighted by Gasteiger charge is 2.39. The molecular weight excluding hydrogens is 456 g/mol. The lowest BCUT2D eigenvalue weighted by molar-refractivity contribution is -0.146. The van der Waals surface area contributed by atoms with Crippen molar-refractivity contribution < 1.29 is 27.1 Å². The van der Waals surface area contributed by atoms with Gasteiger partial charge in [0.25, 0.3) is 0 Å². The summed E-state index contributed by atoms with van der Waals surface area (Å²) in [6, 6.07) is 12.6. The number of ether oxygens (including phenoxy) is 2. The second kappa shape index (κ2) is 10.4. The first kappa shape index (κ1) is 25.5. The lowest BCUT2D eigenvalue weighted by Crippen LogP contribution is -2.48. The standard InChI is InChI=1S/C25H30N2O6S/c1-16(2)23(25(28)32-6)27(34(29,30)21-13-7-17(3)8-14-21)15-22-18(4)33-24(26-22)19-9-11-20(31-5)12-10-19/h7-14,16,23H,15H2,1-6H3/t23-/m1/s1. The molecule has 1 aromatic heterocycles. The summed E-state index contributed by atoms with van der Waals surface area (Å²) < 4.78 is 44.6. The topological polar surface area (TPSA) is 98.9 Å². The third kappa shape index (κ3) is 5.31. The SMILES string of the molecule is COC(=O)[C@@H](C(C)C)N(Cc1nc(-c2ccc(OC)cc2)oc1C)S(=O)(=O)c1ccc(C)cc1. The minimum Gasteiger partial charge on any atom is -0.497 e. The Morgan fingerprint density at radius 2 is 1.65 bits per heavy atom. The minimum absolute atomic E-state index is 0.0872. The Morgan fingerprint density at radius 1 is 1.03 bits per heavy atom. The molecule has 3 aromatic rings. The smallest absolute Gasteiger partial charge is 0.324 e. The van der Waals surface area contributed by atoms with Gasteiger partial charge in [-0.1, -0.05) is 31.5 Å². The van der Waals surface area contributed by atoms with Crippen LogP contribution >= 0.6 is 0 Å². The van der Waals surface area contributed by atoms with E-state index in [1.807, 2.05) is 6.92 Å². The van der Waals surface area contributed by atoms with E-state index in [0.717, 1.165) is 15.4 Å². The molecule has 1 heterocycles. The fourth-order valence-electron chi connectivity index (χ4n) is 3.60. The number of sulfonamides is 1. The highest BCUT2D eigenvalue weighted by atomic mass is 32.2. The molecule has 0 N–H and O–H groups in total. The van der Waals surface area contributed by atoms with Gasteiger partial charge >= 0.3 is 5.97 Å². The molecule has 0 saturated carbocycles. The van der Waals surface area contributed by atoms with E-state index >= 15 is 0 Å². The monoisotopic (exact) mass is 486 g/mol. The van der Waals surface area contributed by atoms with Crippen LogP contribution in [0.5, 0.6) is 5.75 Å². The predicted molar refractivity (Wildman–Crippen MR) is 128 cm³/mol. The summed E-state index contributed by atoms with van der Waals surface area (Å²) >= 11 is 0. The molecule has 1 atom stereocenters. The first-order valence-electron chi connectivity index (χ1n) is 10.9. The molecule has 0 spiro atoms. The van der Waals surface area contributed by atoms with E-state index in [-0.39, 0.29) is 17.4 Å². The van der Waals surface area contributed by atoms with Gasteiger partial charge in [-0.05, 0) is 56.2 Å². The van der Waals surface area contributed by atoms with Crippen LogP contribution < -0.4 is 4.74 Å². The molecule has 2 aromatic carbocycles. The number of carbonyl (C=O) groups excluding carboxylic acids is 1. The maximum Gasteiger partial charge on any atom is 0.324 e. The molecule has 0 aliphatic rings. The zero-order valence-corrected chi connectivity index (χ0v) is 21.0. The molecule has 9 heteroatoms. The van der Waals surface area contributed by atoms with Crippen molar-refractivity contribution in [3.63, 3.8) is 0 Å². The Kier molecular flexibility index (Phi) is 7.78. The lowest BCUT2D eigenvalue weighted by atomic mass is 10.0. The van der Waals surface area contributed by atoms with Crippen LogP contribution in [-0.2, 0) is 26.1 Å². The van der Waals surface area contributed by atoms with Crippen molar-refractivity contribution >= 4 is 16.0 Å². The molecule has 0 aliphatic heterocycles. The lowest BCUT2D eigenvalue weighted by Gasteiger charge is -2.31. The second-order valence-corrected chi connectivity index (χ2v) is 10.2. The largest absolute Gasteiger partial charge is 0.497 e. The second-order valence-electron chi connectivity index (χ2n) is 8.33. The number of oxazole rings is 1. The molecule has 0 aliphatic carbocycles. The Bertz CT molecular complexity index is 1230. The van der Waals surface area contributed by atoms with Crippen molar-refractivity contribution in [2.75, 3.05) is 14.2 Å². The zero-order valence-electron chi connectivity index (χ0n) is 20.2. The maximum atomic E-state index is 13.7. The highest BCUT2D eigenvalue weighted by molar-refractivity contribution is 7.89. The number of benzene rings is 2. The van der Waals surface area contributed by atoms with Gasteiger partial charge in [0.15, 0.2) is 0 Å². The maximum absolute atomic E-state index is 13.7. The molecule has 0 bridgehead atoms. The van der Waals surface area contributed by atoms with E-state index in [0.29, 0.717) is 23.1 Å². The highest BCUT2D eigenvalue weighted by Crippen LogP contribution is 2.29. The fourth-order valence-corrected chi connectivity index (χ4v) is 5.27. The summed E-state index contributed by atoms with van der Waals surface area (Å²) in [5.41, 5.74) is 2.06. The molecule has 0 saturated heterocycles. The van der Waals surface area contributed by atoms with Gasteiger partial charge in [0, 0.05) is 5.56 Å². The van der Waals surface area contributed by atoms with Crippen molar-refractivity contribution in [1.29, 1.82) is 0 Å². The molecule has 0 radical (unpaired) electrons. The van der Waals surface area contributed by atoms with Gasteiger partial charge in [-0.25, -0.2) is 13.4 Å². The molecule has 3 rings (SSSR count). The van der Waals surface area contributed by atoms with Gasteiger partial charge in [0.1, 0.15) is 17.6 Å². The Morgan fingerprint density at radius 3 is 2.18 bits per heavy atom. The normalized spacial score (nSPS) is 12.7. The number of hydrogen-bond acceptors (Lipinski definition) is 7. The van der Waals surface area contributed by atoms with Crippen molar-refractivity contribution in [2.45, 2.75) is 45.2 Å². The van der Waals surface area contributed by atoms with Gasteiger partial charge in [-0.2, -0.15) is 4.31 Å². The Labute approximate surface area is 200 Å². The Balaban J connectivity index is 2.06. The quantitative estimate of drug-likeness (QED) is 0.415. The van der Waals surface area contributed by atoms with Crippen molar-refractivity contribution in [3.8, 4) is 17.2 Å². The number of carbonyl (C=O) groups is 1.